The largest absolute Gasteiger partial charge is 0.493 e. The third-order valence-electron chi connectivity index (χ3n) is 5.65. The third kappa shape index (κ3) is 6.38. The number of hydrogen-bond donors (Lipinski definition) is 1. The molecule has 1 fully saturated rings. The SMILES string of the molecule is Cn1ccnc1Sc1ccc(NC(=O)C2CCN(C(=O)CCOc3ccccc3)CC2)cc1. The van der Waals surface area contributed by atoms with Crippen LogP contribution in [0.2, 0.25) is 0 Å². The Labute approximate surface area is 198 Å². The van der Waals surface area contributed by atoms with Crippen molar-refractivity contribution < 1.29 is 14.3 Å². The van der Waals surface area contributed by atoms with Crippen LogP contribution in [0, 0.1) is 5.92 Å². The van der Waals surface area contributed by atoms with Gasteiger partial charge in [-0.15, -0.1) is 0 Å². The first-order valence-electron chi connectivity index (χ1n) is 11.1. The fourth-order valence-electron chi connectivity index (χ4n) is 3.73. The Morgan fingerprint density at radius 1 is 1.09 bits per heavy atom. The lowest BCUT2D eigenvalue weighted by molar-refractivity contribution is -0.135. The maximum Gasteiger partial charge on any atom is 0.227 e. The number of hydrogen-bond acceptors (Lipinski definition) is 5. The van der Waals surface area contributed by atoms with Gasteiger partial charge in [0.25, 0.3) is 0 Å². The molecule has 0 aliphatic carbocycles. The topological polar surface area (TPSA) is 76.5 Å². The van der Waals surface area contributed by atoms with Crippen molar-refractivity contribution in [2.24, 2.45) is 13.0 Å². The normalized spacial score (nSPS) is 14.2. The maximum atomic E-state index is 12.7. The zero-order valence-electron chi connectivity index (χ0n) is 18.6. The highest BCUT2D eigenvalue weighted by Crippen LogP contribution is 2.27. The van der Waals surface area contributed by atoms with Gasteiger partial charge in [-0.2, -0.15) is 0 Å². The Kier molecular flexibility index (Phi) is 7.67. The summed E-state index contributed by atoms with van der Waals surface area (Å²) in [6.45, 7) is 1.56. The molecule has 1 N–H and O–H groups in total. The number of anilines is 1. The molecule has 7 nitrogen and oxygen atoms in total. The van der Waals surface area contributed by atoms with Crippen molar-refractivity contribution in [1.29, 1.82) is 0 Å². The summed E-state index contributed by atoms with van der Waals surface area (Å²) in [4.78, 5) is 32.4. The number of carbonyl (C=O) groups is 2. The van der Waals surface area contributed by atoms with E-state index in [4.69, 9.17) is 4.74 Å². The number of imidazole rings is 1. The fourth-order valence-corrected chi connectivity index (χ4v) is 4.53. The lowest BCUT2D eigenvalue weighted by Crippen LogP contribution is -2.41. The number of aryl methyl sites for hydroxylation is 1. The van der Waals surface area contributed by atoms with E-state index in [2.05, 4.69) is 10.3 Å². The first-order valence-corrected chi connectivity index (χ1v) is 11.9. The number of benzene rings is 2. The first kappa shape index (κ1) is 22.9. The van der Waals surface area contributed by atoms with Crippen LogP contribution in [-0.4, -0.2) is 46.0 Å². The van der Waals surface area contributed by atoms with Gasteiger partial charge in [-0.1, -0.05) is 30.0 Å². The molecule has 8 heteroatoms. The molecule has 4 rings (SSSR count). The average Bonchev–Trinajstić information content (AvgIpc) is 3.25. The number of likely N-dealkylation sites (tertiary alicyclic amines) is 1. The number of nitrogens with one attached hydrogen (secondary N) is 1. The highest BCUT2D eigenvalue weighted by Gasteiger charge is 2.27. The molecule has 1 aliphatic heterocycles. The Balaban J connectivity index is 1.19. The van der Waals surface area contributed by atoms with E-state index < -0.39 is 0 Å². The number of nitrogens with zero attached hydrogens (tertiary/aromatic N) is 3. The van der Waals surface area contributed by atoms with Gasteiger partial charge in [0, 0.05) is 49.0 Å². The quantitative estimate of drug-likeness (QED) is 0.540. The summed E-state index contributed by atoms with van der Waals surface area (Å²) in [6.07, 6.45) is 5.37. The van der Waals surface area contributed by atoms with Crippen LogP contribution in [0.5, 0.6) is 5.75 Å². The summed E-state index contributed by atoms with van der Waals surface area (Å²) in [6, 6.07) is 17.3. The lowest BCUT2D eigenvalue weighted by Gasteiger charge is -2.31. The van der Waals surface area contributed by atoms with Gasteiger partial charge in [-0.05, 0) is 49.2 Å². The molecule has 0 radical (unpaired) electrons. The minimum absolute atomic E-state index is 0.0130. The molecule has 0 bridgehead atoms. The zero-order chi connectivity index (χ0) is 23.0. The fraction of sp³-hybridized carbons (Fsp3) is 0.320. The molecule has 33 heavy (non-hydrogen) atoms. The molecule has 3 aromatic rings. The molecular formula is C25H28N4O3S. The molecule has 0 atom stereocenters. The van der Waals surface area contributed by atoms with Gasteiger partial charge in [-0.25, -0.2) is 4.98 Å². The third-order valence-corrected chi connectivity index (χ3v) is 6.74. The minimum Gasteiger partial charge on any atom is -0.493 e. The van der Waals surface area contributed by atoms with Gasteiger partial charge in [0.1, 0.15) is 5.75 Å². The monoisotopic (exact) mass is 464 g/mol. The summed E-state index contributed by atoms with van der Waals surface area (Å²) in [5.41, 5.74) is 0.778. The molecule has 2 heterocycles. The minimum atomic E-state index is -0.0868. The number of aromatic nitrogens is 2. The summed E-state index contributed by atoms with van der Waals surface area (Å²) >= 11 is 1.58. The summed E-state index contributed by atoms with van der Waals surface area (Å²) < 4.78 is 7.58. The van der Waals surface area contributed by atoms with Gasteiger partial charge >= 0.3 is 0 Å². The van der Waals surface area contributed by atoms with Crippen molar-refractivity contribution in [2.75, 3.05) is 25.0 Å². The van der Waals surface area contributed by atoms with Crippen LogP contribution >= 0.6 is 11.8 Å². The predicted molar refractivity (Wildman–Crippen MR) is 128 cm³/mol. The van der Waals surface area contributed by atoms with Crippen molar-refractivity contribution in [1.82, 2.24) is 14.5 Å². The second kappa shape index (κ2) is 11.0. The van der Waals surface area contributed by atoms with Gasteiger partial charge < -0.3 is 19.5 Å². The van der Waals surface area contributed by atoms with E-state index in [1.165, 1.54) is 0 Å². The summed E-state index contributed by atoms with van der Waals surface area (Å²) in [7, 11) is 1.96. The van der Waals surface area contributed by atoms with Crippen molar-refractivity contribution in [3.63, 3.8) is 0 Å². The van der Waals surface area contributed by atoms with Crippen LogP contribution in [0.25, 0.3) is 0 Å². The smallest absolute Gasteiger partial charge is 0.227 e. The molecule has 1 aromatic heterocycles. The molecule has 1 aliphatic rings. The summed E-state index contributed by atoms with van der Waals surface area (Å²) in [5.74, 6) is 0.768. The van der Waals surface area contributed by atoms with E-state index in [0.717, 1.165) is 21.5 Å². The van der Waals surface area contributed by atoms with Crippen molar-refractivity contribution in [3.8, 4) is 5.75 Å². The van der Waals surface area contributed by atoms with Crippen molar-refractivity contribution >= 4 is 29.3 Å². The maximum absolute atomic E-state index is 12.7. The average molecular weight is 465 g/mol. The molecular weight excluding hydrogens is 436 g/mol. The standard InChI is InChI=1S/C25H28N4O3S/c1-28-17-14-26-25(28)33-22-9-7-20(8-10-22)27-24(31)19-11-15-29(16-12-19)23(30)13-18-32-21-5-3-2-4-6-21/h2-10,14,17,19H,11-13,15-16,18H2,1H3,(H,27,31). The predicted octanol–water partition coefficient (Wildman–Crippen LogP) is 4.22. The van der Waals surface area contributed by atoms with Crippen LogP contribution < -0.4 is 10.1 Å². The number of amides is 2. The van der Waals surface area contributed by atoms with Gasteiger partial charge in [0.05, 0.1) is 13.0 Å². The highest BCUT2D eigenvalue weighted by atomic mass is 32.2. The van der Waals surface area contributed by atoms with Crippen LogP contribution in [0.1, 0.15) is 19.3 Å². The van der Waals surface area contributed by atoms with Crippen LogP contribution in [0.4, 0.5) is 5.69 Å². The summed E-state index contributed by atoms with van der Waals surface area (Å²) in [5, 5.41) is 3.93. The number of piperidine rings is 1. The van der Waals surface area contributed by atoms with E-state index >= 15 is 0 Å². The number of ether oxygens (including phenoxy) is 1. The zero-order valence-corrected chi connectivity index (χ0v) is 19.5. The number of rotatable bonds is 8. The molecule has 1 saturated heterocycles. The van der Waals surface area contributed by atoms with E-state index in [-0.39, 0.29) is 17.7 Å². The van der Waals surface area contributed by atoms with Crippen molar-refractivity contribution in [2.45, 2.75) is 29.3 Å². The van der Waals surface area contributed by atoms with E-state index in [9.17, 15) is 9.59 Å². The van der Waals surface area contributed by atoms with Crippen LogP contribution in [0.3, 0.4) is 0 Å². The van der Waals surface area contributed by atoms with Crippen LogP contribution in [0.15, 0.2) is 77.0 Å². The number of carbonyl (C=O) groups excluding carboxylic acids is 2. The Morgan fingerprint density at radius 3 is 2.48 bits per heavy atom. The highest BCUT2D eigenvalue weighted by molar-refractivity contribution is 7.99. The molecule has 0 unspecified atom stereocenters. The Morgan fingerprint density at radius 2 is 1.82 bits per heavy atom. The second-order valence-electron chi connectivity index (χ2n) is 8.00. The molecule has 0 spiro atoms. The molecule has 172 valence electrons. The number of para-hydroxylation sites is 1. The Bertz CT molecular complexity index is 1060. The first-order chi connectivity index (χ1) is 16.1. The molecule has 2 aromatic carbocycles. The van der Waals surface area contributed by atoms with E-state index in [0.29, 0.717) is 39.0 Å². The van der Waals surface area contributed by atoms with Gasteiger partial charge in [0.2, 0.25) is 11.8 Å². The molecule has 0 saturated carbocycles. The van der Waals surface area contributed by atoms with Gasteiger partial charge in [0.15, 0.2) is 5.16 Å². The Hall–Kier alpha value is -3.26. The van der Waals surface area contributed by atoms with E-state index in [1.54, 1.807) is 18.0 Å². The second-order valence-corrected chi connectivity index (χ2v) is 9.04. The lowest BCUT2D eigenvalue weighted by atomic mass is 9.95. The van der Waals surface area contributed by atoms with Crippen molar-refractivity contribution in [3.05, 3.63) is 67.0 Å². The van der Waals surface area contributed by atoms with Crippen LogP contribution in [-0.2, 0) is 16.6 Å². The van der Waals surface area contributed by atoms with E-state index in [1.807, 2.05) is 77.3 Å². The van der Waals surface area contributed by atoms with Gasteiger partial charge in [-0.3, -0.25) is 9.59 Å². The molecule has 2 amide bonds.